The monoisotopic (exact) mass is 390 g/mol. The first kappa shape index (κ1) is 22.0. The third-order valence-electron chi connectivity index (χ3n) is 4.48. The number of aromatic nitrogens is 2. The molecule has 2 rings (SSSR count). The molecule has 152 valence electrons. The molecule has 0 aliphatic carbocycles. The Morgan fingerprint density at radius 2 is 2.14 bits per heavy atom. The molecule has 1 aliphatic rings. The fourth-order valence-electron chi connectivity index (χ4n) is 2.73. The van der Waals surface area contributed by atoms with Gasteiger partial charge >= 0.3 is 5.69 Å². The molecule has 0 fully saturated rings. The Hall–Kier alpha value is -3.34. The van der Waals surface area contributed by atoms with E-state index in [4.69, 9.17) is 0 Å². The molecule has 1 aromatic rings. The van der Waals surface area contributed by atoms with Crippen molar-refractivity contribution in [1.29, 1.82) is 0 Å². The highest BCUT2D eigenvalue weighted by Gasteiger charge is 2.04. The molecular formula is C24H30N4O. The summed E-state index contributed by atoms with van der Waals surface area (Å²) in [6, 6.07) is 0. The number of aliphatic imine (C=N–C) groups is 1. The Bertz CT molecular complexity index is 975. The lowest BCUT2D eigenvalue weighted by Crippen LogP contribution is -2.13. The quantitative estimate of drug-likeness (QED) is 0.540. The lowest BCUT2D eigenvalue weighted by Gasteiger charge is -2.03. The van der Waals surface area contributed by atoms with E-state index in [-0.39, 0.29) is 5.69 Å². The molecule has 5 nitrogen and oxygen atoms in total. The second-order valence-corrected chi connectivity index (χ2v) is 6.70. The van der Waals surface area contributed by atoms with E-state index in [0.717, 1.165) is 46.9 Å². The Kier molecular flexibility index (Phi) is 8.70. The van der Waals surface area contributed by atoms with Crippen LogP contribution in [0.2, 0.25) is 0 Å². The van der Waals surface area contributed by atoms with Crippen molar-refractivity contribution in [2.75, 3.05) is 6.54 Å². The Morgan fingerprint density at radius 1 is 1.31 bits per heavy atom. The van der Waals surface area contributed by atoms with Crippen LogP contribution < -0.4 is 11.0 Å². The van der Waals surface area contributed by atoms with Gasteiger partial charge in [0.05, 0.1) is 11.9 Å². The molecular weight excluding hydrogens is 360 g/mol. The van der Waals surface area contributed by atoms with Crippen LogP contribution in [0.1, 0.15) is 31.7 Å². The van der Waals surface area contributed by atoms with Crippen LogP contribution >= 0.6 is 0 Å². The molecule has 29 heavy (non-hydrogen) atoms. The molecule has 5 heteroatoms. The Morgan fingerprint density at radius 3 is 2.83 bits per heavy atom. The van der Waals surface area contributed by atoms with Gasteiger partial charge in [0.1, 0.15) is 0 Å². The molecule has 0 saturated heterocycles. The maximum absolute atomic E-state index is 11.3. The number of nitrogens with zero attached hydrogens (tertiary/aromatic N) is 1. The number of hydrogen-bond donors (Lipinski definition) is 3. The van der Waals surface area contributed by atoms with E-state index in [1.807, 2.05) is 63.4 Å². The van der Waals surface area contributed by atoms with Gasteiger partial charge in [-0.25, -0.2) is 4.79 Å². The first-order chi connectivity index (χ1) is 14.0. The Labute approximate surface area is 172 Å². The standard InChI is InChI=1S/C24H30N4O/c1-5-18(3)11-7-8-16-25-21-13-10-15-23(26-17-21)20(6-2)12-9-14-22-19(4)27-24(29)28-22/h5-9,11-13,15,17,25H,1,10,14,16H2,2-4H3,(H2,27,28,29)/b8-7+,12-9-,18-11-,20-6+. The molecule has 0 unspecified atom stereocenters. The second-order valence-electron chi connectivity index (χ2n) is 6.70. The predicted molar refractivity (Wildman–Crippen MR) is 123 cm³/mol. The van der Waals surface area contributed by atoms with Crippen molar-refractivity contribution < 1.29 is 0 Å². The maximum Gasteiger partial charge on any atom is 0.323 e. The first-order valence-corrected chi connectivity index (χ1v) is 9.78. The first-order valence-electron chi connectivity index (χ1n) is 9.78. The van der Waals surface area contributed by atoms with E-state index < -0.39 is 0 Å². The van der Waals surface area contributed by atoms with Crippen LogP contribution in [0.3, 0.4) is 0 Å². The van der Waals surface area contributed by atoms with Gasteiger partial charge in [-0.3, -0.25) is 4.99 Å². The molecule has 0 saturated carbocycles. The SMILES string of the molecule is C=C/C(C)=C\C=C\CNC1=CCC=C(C(/C=C\Cc2[nH]c(=O)[nH]c2C)=C/C)N=C1. The minimum absolute atomic E-state index is 0.166. The lowest BCUT2D eigenvalue weighted by atomic mass is 10.1. The van der Waals surface area contributed by atoms with Crippen molar-refractivity contribution in [3.8, 4) is 0 Å². The molecule has 0 radical (unpaired) electrons. The van der Waals surface area contributed by atoms with Crippen molar-refractivity contribution in [1.82, 2.24) is 15.3 Å². The van der Waals surface area contributed by atoms with Crippen LogP contribution in [0, 0.1) is 6.92 Å². The summed E-state index contributed by atoms with van der Waals surface area (Å²) in [5.41, 5.74) is 5.74. The average molecular weight is 391 g/mol. The van der Waals surface area contributed by atoms with Crippen LogP contribution in [-0.2, 0) is 6.42 Å². The lowest BCUT2D eigenvalue weighted by molar-refractivity contribution is 0.948. The van der Waals surface area contributed by atoms with Crippen LogP contribution in [0.15, 0.2) is 93.6 Å². The fraction of sp³-hybridized carbons (Fsp3) is 0.250. The zero-order chi connectivity index (χ0) is 21.1. The second kappa shape index (κ2) is 11.5. The van der Waals surface area contributed by atoms with Gasteiger partial charge in [0.2, 0.25) is 0 Å². The number of rotatable bonds is 9. The van der Waals surface area contributed by atoms with Crippen LogP contribution in [0.25, 0.3) is 0 Å². The summed E-state index contributed by atoms with van der Waals surface area (Å²) in [6.45, 7) is 10.4. The van der Waals surface area contributed by atoms with E-state index in [0.29, 0.717) is 6.42 Å². The third kappa shape index (κ3) is 7.30. The molecule has 0 bridgehead atoms. The van der Waals surface area contributed by atoms with E-state index in [2.05, 4.69) is 45.1 Å². The van der Waals surface area contributed by atoms with Crippen molar-refractivity contribution in [2.45, 2.75) is 33.6 Å². The van der Waals surface area contributed by atoms with Gasteiger partial charge in [-0.1, -0.05) is 66.8 Å². The number of nitrogens with one attached hydrogen (secondary N) is 3. The van der Waals surface area contributed by atoms with Crippen molar-refractivity contribution in [3.63, 3.8) is 0 Å². The fourth-order valence-corrected chi connectivity index (χ4v) is 2.73. The highest BCUT2D eigenvalue weighted by atomic mass is 16.1. The zero-order valence-corrected chi connectivity index (χ0v) is 17.5. The van der Waals surface area contributed by atoms with E-state index in [1.165, 1.54) is 0 Å². The molecule has 0 aromatic carbocycles. The number of allylic oxidation sites excluding steroid dienone is 10. The molecule has 1 aromatic heterocycles. The summed E-state index contributed by atoms with van der Waals surface area (Å²) < 4.78 is 0. The predicted octanol–water partition coefficient (Wildman–Crippen LogP) is 4.58. The van der Waals surface area contributed by atoms with Gasteiger partial charge in [-0.05, 0) is 32.8 Å². The smallest absolute Gasteiger partial charge is 0.323 e. The van der Waals surface area contributed by atoms with Crippen molar-refractivity contribution in [2.24, 2.45) is 4.99 Å². The Balaban J connectivity index is 1.92. The van der Waals surface area contributed by atoms with Crippen LogP contribution in [0.4, 0.5) is 0 Å². The van der Waals surface area contributed by atoms with Gasteiger partial charge < -0.3 is 15.3 Å². The molecule has 2 heterocycles. The van der Waals surface area contributed by atoms with Crippen molar-refractivity contribution >= 4 is 6.21 Å². The van der Waals surface area contributed by atoms with E-state index in [1.54, 1.807) is 0 Å². The largest absolute Gasteiger partial charge is 0.381 e. The third-order valence-corrected chi connectivity index (χ3v) is 4.48. The van der Waals surface area contributed by atoms with E-state index in [9.17, 15) is 4.79 Å². The highest BCUT2D eigenvalue weighted by molar-refractivity contribution is 5.80. The zero-order valence-electron chi connectivity index (χ0n) is 17.5. The summed E-state index contributed by atoms with van der Waals surface area (Å²) in [5, 5.41) is 3.37. The van der Waals surface area contributed by atoms with Gasteiger partial charge in [0.25, 0.3) is 0 Å². The van der Waals surface area contributed by atoms with Gasteiger partial charge in [-0.2, -0.15) is 0 Å². The number of H-pyrrole nitrogens is 2. The average Bonchev–Trinajstić information content (AvgIpc) is 2.89. The summed E-state index contributed by atoms with van der Waals surface area (Å²) >= 11 is 0. The summed E-state index contributed by atoms with van der Waals surface area (Å²) in [5.74, 6) is 0. The van der Waals surface area contributed by atoms with Crippen LogP contribution in [0.5, 0.6) is 0 Å². The molecule has 3 N–H and O–H groups in total. The number of imidazole rings is 1. The summed E-state index contributed by atoms with van der Waals surface area (Å²) in [6.07, 6.45) is 21.6. The summed E-state index contributed by atoms with van der Waals surface area (Å²) in [4.78, 5) is 21.5. The minimum atomic E-state index is -0.166. The number of hydrogen-bond acceptors (Lipinski definition) is 3. The van der Waals surface area contributed by atoms with Gasteiger partial charge in [-0.15, -0.1) is 0 Å². The molecule has 0 atom stereocenters. The molecule has 0 spiro atoms. The molecule has 0 amide bonds. The highest BCUT2D eigenvalue weighted by Crippen LogP contribution is 2.17. The minimum Gasteiger partial charge on any atom is -0.381 e. The maximum atomic E-state index is 11.3. The number of aromatic amines is 2. The van der Waals surface area contributed by atoms with Gasteiger partial charge in [0.15, 0.2) is 0 Å². The van der Waals surface area contributed by atoms with Crippen LogP contribution in [-0.4, -0.2) is 22.7 Å². The van der Waals surface area contributed by atoms with Gasteiger partial charge in [0, 0.05) is 30.1 Å². The summed E-state index contributed by atoms with van der Waals surface area (Å²) in [7, 11) is 0. The number of aryl methyl sites for hydroxylation is 1. The topological polar surface area (TPSA) is 73.0 Å². The van der Waals surface area contributed by atoms with E-state index >= 15 is 0 Å². The van der Waals surface area contributed by atoms with Crippen molar-refractivity contribution in [3.05, 3.63) is 106 Å². The normalized spacial score (nSPS) is 15.6. The molecule has 1 aliphatic heterocycles.